The number of halogens is 1. The van der Waals surface area contributed by atoms with Gasteiger partial charge in [0, 0.05) is 70.7 Å². The van der Waals surface area contributed by atoms with Crippen LogP contribution in [0.3, 0.4) is 0 Å². The lowest BCUT2D eigenvalue weighted by molar-refractivity contribution is -0.136. The summed E-state index contributed by atoms with van der Waals surface area (Å²) < 4.78 is 1.82. The summed E-state index contributed by atoms with van der Waals surface area (Å²) in [5.74, 6) is -1.56. The average molecular weight is 744 g/mol. The second kappa shape index (κ2) is 12.4. The molecule has 50 heavy (non-hydrogen) atoms. The number of hydrogen-bond acceptors (Lipinski definition) is 10. The van der Waals surface area contributed by atoms with Crippen molar-refractivity contribution in [3.8, 4) is 0 Å². The molecule has 14 heteroatoms. The molecule has 5 aliphatic rings. The van der Waals surface area contributed by atoms with E-state index in [0.29, 0.717) is 21.5 Å². The van der Waals surface area contributed by atoms with E-state index >= 15 is 0 Å². The van der Waals surface area contributed by atoms with Crippen LogP contribution in [0.25, 0.3) is 0 Å². The van der Waals surface area contributed by atoms with Gasteiger partial charge in [0.15, 0.2) is 0 Å². The number of fused-ring (bicyclic) bond motifs is 1. The predicted molar refractivity (Wildman–Crippen MR) is 189 cm³/mol. The molecule has 6 heterocycles. The molecule has 4 fully saturated rings. The van der Waals surface area contributed by atoms with E-state index in [1.165, 1.54) is 15.8 Å². The standard InChI is InChI=1S/C36H39BrN8O5/c1-41-15-23(12-24(16-41)39-26-13-38-42(2)35(50)31(26)37)22-8-6-21(7-9-22)14-43-17-36(18-43)19-44(20-36)27-5-3-4-25-30(27)34(49)45(33(25)48)28-10-11-29(46)40-32(28)47/h3-9,13,23-24,28,39H,10-12,14-20H2,1-2H3,(H,40,46,47)/t23-,24+,28?/m0/s1. The third-order valence-electron chi connectivity index (χ3n) is 10.9. The molecule has 2 aromatic carbocycles. The summed E-state index contributed by atoms with van der Waals surface area (Å²) in [4.78, 5) is 71.3. The first-order chi connectivity index (χ1) is 24.0. The van der Waals surface area contributed by atoms with E-state index in [2.05, 4.69) is 77.7 Å². The van der Waals surface area contributed by atoms with Crippen LogP contribution < -0.4 is 21.1 Å². The van der Waals surface area contributed by atoms with Crippen LogP contribution in [-0.4, -0.2) is 107 Å². The molecule has 1 unspecified atom stereocenters. The minimum atomic E-state index is -0.971. The summed E-state index contributed by atoms with van der Waals surface area (Å²) >= 11 is 3.43. The van der Waals surface area contributed by atoms with Gasteiger partial charge in [0.05, 0.1) is 28.7 Å². The Hall–Kier alpha value is -4.40. The van der Waals surface area contributed by atoms with Crippen molar-refractivity contribution in [3.63, 3.8) is 0 Å². The number of rotatable bonds is 7. The Morgan fingerprint density at radius 3 is 2.46 bits per heavy atom. The lowest BCUT2D eigenvalue weighted by atomic mass is 9.72. The topological polar surface area (TPSA) is 140 Å². The summed E-state index contributed by atoms with van der Waals surface area (Å²) in [5, 5.41) is 9.96. The van der Waals surface area contributed by atoms with E-state index in [4.69, 9.17) is 0 Å². The summed E-state index contributed by atoms with van der Waals surface area (Å²) in [7, 11) is 3.77. The maximum Gasteiger partial charge on any atom is 0.282 e. The van der Waals surface area contributed by atoms with E-state index in [9.17, 15) is 24.0 Å². The number of aromatic nitrogens is 2. The number of carbonyl (C=O) groups excluding carboxylic acids is 4. The molecular weight excluding hydrogens is 704 g/mol. The smallest absolute Gasteiger partial charge is 0.282 e. The number of carbonyl (C=O) groups is 4. The highest BCUT2D eigenvalue weighted by Crippen LogP contribution is 2.45. The maximum atomic E-state index is 13.5. The molecule has 1 aromatic heterocycles. The number of benzene rings is 2. The highest BCUT2D eigenvalue weighted by atomic mass is 79.9. The van der Waals surface area contributed by atoms with E-state index in [0.717, 1.165) is 68.5 Å². The predicted octanol–water partition coefficient (Wildman–Crippen LogP) is 2.17. The molecule has 260 valence electrons. The van der Waals surface area contributed by atoms with Crippen LogP contribution in [0.15, 0.2) is 57.9 Å². The molecule has 8 rings (SSSR count). The molecule has 0 bridgehead atoms. The van der Waals surface area contributed by atoms with E-state index in [1.54, 1.807) is 25.4 Å². The molecule has 4 saturated heterocycles. The molecule has 4 amide bonds. The largest absolute Gasteiger partial charge is 0.379 e. The Balaban J connectivity index is 0.858. The molecule has 0 aliphatic carbocycles. The van der Waals surface area contributed by atoms with Gasteiger partial charge in [0.1, 0.15) is 10.5 Å². The molecule has 13 nitrogen and oxygen atoms in total. The Bertz CT molecular complexity index is 1970. The van der Waals surface area contributed by atoms with E-state index < -0.39 is 23.8 Å². The van der Waals surface area contributed by atoms with Gasteiger partial charge in [-0.1, -0.05) is 30.3 Å². The number of likely N-dealkylation sites (tertiary alicyclic amines) is 2. The molecule has 0 saturated carbocycles. The second-order valence-corrected chi connectivity index (χ2v) is 15.5. The summed E-state index contributed by atoms with van der Waals surface area (Å²) in [6.45, 7) is 6.24. The SMILES string of the molecule is CN1C[C@H](Nc2cnn(C)c(=O)c2Br)C[C@H](c2ccc(CN3CC4(C3)CN(c3cccc5c3C(=O)N(C3CCC(=O)NC3=O)C5=O)C4)cc2)C1. The first-order valence-electron chi connectivity index (χ1n) is 17.1. The normalized spacial score (nSPS) is 25.0. The van der Waals surface area contributed by atoms with Gasteiger partial charge < -0.3 is 15.1 Å². The van der Waals surface area contributed by atoms with Gasteiger partial charge in [-0.05, 0) is 65.0 Å². The van der Waals surface area contributed by atoms with Crippen LogP contribution in [0.5, 0.6) is 0 Å². The maximum absolute atomic E-state index is 13.5. The fourth-order valence-electron chi connectivity index (χ4n) is 8.56. The van der Waals surface area contributed by atoms with Gasteiger partial charge in [-0.25, -0.2) is 4.68 Å². The third-order valence-corrected chi connectivity index (χ3v) is 11.7. The van der Waals surface area contributed by atoms with Gasteiger partial charge in [0.2, 0.25) is 11.8 Å². The first kappa shape index (κ1) is 32.8. The van der Waals surface area contributed by atoms with Crippen LogP contribution in [0.4, 0.5) is 11.4 Å². The van der Waals surface area contributed by atoms with Crippen molar-refractivity contribution >= 4 is 50.9 Å². The number of aryl methyl sites for hydroxylation is 1. The Morgan fingerprint density at radius 2 is 1.72 bits per heavy atom. The van der Waals surface area contributed by atoms with Crippen molar-refractivity contribution in [2.24, 2.45) is 12.5 Å². The van der Waals surface area contributed by atoms with Gasteiger partial charge >= 0.3 is 0 Å². The zero-order valence-electron chi connectivity index (χ0n) is 28.0. The number of hydrogen-bond donors (Lipinski definition) is 2. The number of likely N-dealkylation sites (N-methyl/N-ethyl adjacent to an activating group) is 1. The molecule has 5 aliphatic heterocycles. The highest BCUT2D eigenvalue weighted by Gasteiger charge is 2.53. The zero-order valence-corrected chi connectivity index (χ0v) is 29.6. The zero-order chi connectivity index (χ0) is 34.9. The van der Waals surface area contributed by atoms with Crippen LogP contribution in [-0.2, 0) is 23.2 Å². The van der Waals surface area contributed by atoms with Crippen molar-refractivity contribution < 1.29 is 19.2 Å². The summed E-state index contributed by atoms with van der Waals surface area (Å²) in [6.07, 6.45) is 2.89. The van der Waals surface area contributed by atoms with Crippen LogP contribution in [0, 0.1) is 5.41 Å². The average Bonchev–Trinajstić information content (AvgIpc) is 3.31. The van der Waals surface area contributed by atoms with Crippen molar-refractivity contribution in [2.75, 3.05) is 56.5 Å². The van der Waals surface area contributed by atoms with E-state index in [1.807, 2.05) is 6.07 Å². The molecule has 3 aromatic rings. The lowest BCUT2D eigenvalue weighted by Gasteiger charge is -2.61. The number of anilines is 2. The minimum Gasteiger partial charge on any atom is -0.379 e. The quantitative estimate of drug-likeness (QED) is 0.347. The van der Waals surface area contributed by atoms with Gasteiger partial charge in [-0.15, -0.1) is 0 Å². The van der Waals surface area contributed by atoms with Crippen LogP contribution >= 0.6 is 15.9 Å². The van der Waals surface area contributed by atoms with Crippen LogP contribution in [0.1, 0.15) is 57.0 Å². The summed E-state index contributed by atoms with van der Waals surface area (Å²) in [6, 6.07) is 13.5. The number of amides is 4. The molecule has 1 spiro atoms. The van der Waals surface area contributed by atoms with Gasteiger partial charge in [0.25, 0.3) is 17.4 Å². The number of imide groups is 2. The second-order valence-electron chi connectivity index (χ2n) is 14.7. The van der Waals surface area contributed by atoms with Gasteiger partial charge in [-0.3, -0.25) is 39.1 Å². The van der Waals surface area contributed by atoms with Crippen molar-refractivity contribution in [3.05, 3.63) is 85.7 Å². The number of nitrogens with one attached hydrogen (secondary N) is 2. The molecule has 0 radical (unpaired) electrons. The van der Waals surface area contributed by atoms with Crippen LogP contribution in [0.2, 0.25) is 0 Å². The summed E-state index contributed by atoms with van der Waals surface area (Å²) in [5.41, 5.74) is 4.69. The van der Waals surface area contributed by atoms with E-state index in [-0.39, 0.29) is 35.8 Å². The van der Waals surface area contributed by atoms with Gasteiger partial charge in [-0.2, -0.15) is 5.10 Å². The monoisotopic (exact) mass is 742 g/mol. The number of piperidine rings is 2. The lowest BCUT2D eigenvalue weighted by Crippen LogP contribution is -2.72. The van der Waals surface area contributed by atoms with Crippen molar-refractivity contribution in [1.82, 2.24) is 29.8 Å². The van der Waals surface area contributed by atoms with Crippen molar-refractivity contribution in [1.29, 1.82) is 0 Å². The molecule has 2 N–H and O–H groups in total. The Morgan fingerprint density at radius 1 is 0.960 bits per heavy atom. The molecule has 3 atom stereocenters. The first-order valence-corrected chi connectivity index (χ1v) is 17.9. The van der Waals surface area contributed by atoms with Crippen molar-refractivity contribution in [2.45, 2.75) is 43.8 Å². The number of nitrogens with zero attached hydrogens (tertiary/aromatic N) is 6. The minimum absolute atomic E-state index is 0.0963. The third kappa shape index (κ3) is 5.72. The fourth-order valence-corrected chi connectivity index (χ4v) is 9.03. The Labute approximate surface area is 297 Å². The molecular formula is C36H39BrN8O5. The highest BCUT2D eigenvalue weighted by molar-refractivity contribution is 9.10. The Kier molecular flexibility index (Phi) is 8.15. The fraction of sp³-hybridized carbons (Fsp3) is 0.444.